The minimum atomic E-state index is -0.0251. The van der Waals surface area contributed by atoms with Crippen LogP contribution in [0.1, 0.15) is 19.8 Å². The lowest BCUT2D eigenvalue weighted by molar-refractivity contribution is -0.125. The number of rotatable bonds is 6. The molecular weight excluding hydrogens is 270 g/mol. The Labute approximate surface area is 124 Å². The first-order valence-electron chi connectivity index (χ1n) is 7.42. The number of carbonyl (C=O) groups is 1. The maximum atomic E-state index is 12.0. The number of ether oxygens (including phenoxy) is 1. The normalized spacial score (nSPS) is 18.4. The first-order valence-corrected chi connectivity index (χ1v) is 7.42. The molecule has 1 aromatic rings. The average Bonchev–Trinajstić information content (AvgIpc) is 2.53. The van der Waals surface area contributed by atoms with E-state index in [4.69, 9.17) is 10.5 Å². The number of nitrogens with two attached hydrogens (primary N) is 1. The second-order valence-corrected chi connectivity index (χ2v) is 5.01. The van der Waals surface area contributed by atoms with Crippen LogP contribution in [-0.4, -0.2) is 48.7 Å². The lowest BCUT2D eigenvalue weighted by atomic mass is 9.97. The van der Waals surface area contributed by atoms with E-state index in [0.717, 1.165) is 25.2 Å². The molecule has 1 atom stereocenters. The maximum absolute atomic E-state index is 12.0. The number of carbonyl (C=O) groups excluding carboxylic acids is 1. The molecule has 1 amide bonds. The molecule has 2 rings (SSSR count). The summed E-state index contributed by atoms with van der Waals surface area (Å²) in [5, 5.41) is 2.85. The molecule has 0 radical (unpaired) electrons. The molecule has 1 aliphatic heterocycles. The van der Waals surface area contributed by atoms with Crippen molar-refractivity contribution in [2.24, 2.45) is 11.7 Å². The van der Waals surface area contributed by atoms with Crippen LogP contribution in [0.4, 0.5) is 5.82 Å². The third kappa shape index (κ3) is 4.29. The molecule has 1 saturated heterocycles. The van der Waals surface area contributed by atoms with Crippen LogP contribution in [-0.2, 0) is 4.79 Å². The zero-order valence-electron chi connectivity index (χ0n) is 12.4. The number of anilines is 1. The van der Waals surface area contributed by atoms with Gasteiger partial charge >= 0.3 is 0 Å². The van der Waals surface area contributed by atoms with Gasteiger partial charge in [0, 0.05) is 26.2 Å². The topological polar surface area (TPSA) is 93.4 Å². The first kappa shape index (κ1) is 15.5. The van der Waals surface area contributed by atoms with Crippen molar-refractivity contribution in [3.8, 4) is 5.88 Å². The molecule has 0 aromatic carbocycles. The van der Waals surface area contributed by atoms with Gasteiger partial charge in [0.25, 0.3) is 0 Å². The summed E-state index contributed by atoms with van der Waals surface area (Å²) in [7, 11) is 0. The van der Waals surface area contributed by atoms with Crippen molar-refractivity contribution in [2.75, 3.05) is 37.7 Å². The molecule has 21 heavy (non-hydrogen) atoms. The van der Waals surface area contributed by atoms with Gasteiger partial charge in [-0.3, -0.25) is 9.78 Å². The van der Waals surface area contributed by atoms with Crippen molar-refractivity contribution in [2.45, 2.75) is 19.8 Å². The molecule has 1 fully saturated rings. The van der Waals surface area contributed by atoms with E-state index in [2.05, 4.69) is 20.2 Å². The van der Waals surface area contributed by atoms with Gasteiger partial charge in [-0.05, 0) is 19.8 Å². The molecule has 7 heteroatoms. The van der Waals surface area contributed by atoms with E-state index in [9.17, 15) is 4.79 Å². The molecule has 1 aliphatic rings. The Morgan fingerprint density at radius 1 is 1.57 bits per heavy atom. The Kier molecular flexibility index (Phi) is 5.74. The van der Waals surface area contributed by atoms with Gasteiger partial charge in [0.05, 0.1) is 24.9 Å². The van der Waals surface area contributed by atoms with Crippen LogP contribution in [0.5, 0.6) is 5.88 Å². The second kappa shape index (κ2) is 7.78. The van der Waals surface area contributed by atoms with Crippen LogP contribution >= 0.6 is 0 Å². The van der Waals surface area contributed by atoms with Crippen LogP contribution in [0.2, 0.25) is 0 Å². The summed E-state index contributed by atoms with van der Waals surface area (Å²) in [6.45, 7) is 4.99. The van der Waals surface area contributed by atoms with Crippen molar-refractivity contribution in [3.63, 3.8) is 0 Å². The number of aromatic nitrogens is 2. The van der Waals surface area contributed by atoms with Gasteiger partial charge in [-0.2, -0.15) is 4.98 Å². The van der Waals surface area contributed by atoms with Crippen molar-refractivity contribution in [1.29, 1.82) is 0 Å². The summed E-state index contributed by atoms with van der Waals surface area (Å²) in [4.78, 5) is 22.7. The molecule has 7 nitrogen and oxygen atoms in total. The Hall–Kier alpha value is -1.89. The highest BCUT2D eigenvalue weighted by atomic mass is 16.5. The lowest BCUT2D eigenvalue weighted by Crippen LogP contribution is -2.44. The van der Waals surface area contributed by atoms with Crippen LogP contribution in [0.15, 0.2) is 12.4 Å². The van der Waals surface area contributed by atoms with Crippen molar-refractivity contribution < 1.29 is 9.53 Å². The highest BCUT2D eigenvalue weighted by Gasteiger charge is 2.26. The second-order valence-electron chi connectivity index (χ2n) is 5.01. The predicted molar refractivity (Wildman–Crippen MR) is 80.2 cm³/mol. The summed E-state index contributed by atoms with van der Waals surface area (Å²) in [6, 6.07) is 0. The minimum absolute atomic E-state index is 0.0251. The molecule has 0 bridgehead atoms. The van der Waals surface area contributed by atoms with E-state index < -0.39 is 0 Å². The predicted octanol–water partition coefficient (Wildman–Crippen LogP) is 0.167. The maximum Gasteiger partial charge on any atom is 0.234 e. The zero-order valence-corrected chi connectivity index (χ0v) is 12.4. The summed E-state index contributed by atoms with van der Waals surface area (Å²) in [5.74, 6) is 1.32. The quantitative estimate of drug-likeness (QED) is 0.776. The summed E-state index contributed by atoms with van der Waals surface area (Å²) in [6.07, 6.45) is 5.16. The van der Waals surface area contributed by atoms with Gasteiger partial charge in [-0.25, -0.2) is 0 Å². The van der Waals surface area contributed by atoms with Crippen LogP contribution in [0.25, 0.3) is 0 Å². The molecule has 0 saturated carbocycles. The number of amides is 1. The van der Waals surface area contributed by atoms with Crippen molar-refractivity contribution in [1.82, 2.24) is 15.3 Å². The van der Waals surface area contributed by atoms with Gasteiger partial charge in [0.2, 0.25) is 11.8 Å². The Balaban J connectivity index is 2.00. The summed E-state index contributed by atoms with van der Waals surface area (Å²) < 4.78 is 5.37. The van der Waals surface area contributed by atoms with Crippen molar-refractivity contribution in [3.05, 3.63) is 12.4 Å². The monoisotopic (exact) mass is 293 g/mol. The smallest absolute Gasteiger partial charge is 0.234 e. The van der Waals surface area contributed by atoms with Gasteiger partial charge < -0.3 is 20.7 Å². The van der Waals surface area contributed by atoms with Crippen LogP contribution in [0.3, 0.4) is 0 Å². The molecule has 1 aromatic heterocycles. The highest BCUT2D eigenvalue weighted by Crippen LogP contribution is 2.22. The van der Waals surface area contributed by atoms with E-state index in [1.54, 1.807) is 12.4 Å². The van der Waals surface area contributed by atoms with Crippen LogP contribution < -0.4 is 20.7 Å². The fraction of sp³-hybridized carbons (Fsp3) is 0.643. The molecule has 0 aliphatic carbocycles. The number of hydrogen-bond acceptors (Lipinski definition) is 6. The fourth-order valence-electron chi connectivity index (χ4n) is 2.45. The standard InChI is InChI=1S/C14H23N5O2/c1-2-21-13-9-16-8-12(18-13)19-7-3-4-11(10-19)14(20)17-6-5-15/h8-9,11H,2-7,10,15H2,1H3,(H,17,20). The van der Waals surface area contributed by atoms with Gasteiger partial charge in [-0.1, -0.05) is 0 Å². The average molecular weight is 293 g/mol. The molecule has 1 unspecified atom stereocenters. The highest BCUT2D eigenvalue weighted by molar-refractivity contribution is 5.79. The van der Waals surface area contributed by atoms with Gasteiger partial charge in [-0.15, -0.1) is 0 Å². The molecule has 0 spiro atoms. The third-order valence-corrected chi connectivity index (χ3v) is 3.45. The van der Waals surface area contributed by atoms with E-state index in [0.29, 0.717) is 32.1 Å². The van der Waals surface area contributed by atoms with E-state index in [1.807, 2.05) is 6.92 Å². The lowest BCUT2D eigenvalue weighted by Gasteiger charge is -2.32. The summed E-state index contributed by atoms with van der Waals surface area (Å²) >= 11 is 0. The molecular formula is C14H23N5O2. The van der Waals surface area contributed by atoms with E-state index >= 15 is 0 Å². The number of hydrogen-bond donors (Lipinski definition) is 2. The molecule has 3 N–H and O–H groups in total. The Bertz CT molecular complexity index is 468. The molecule has 116 valence electrons. The van der Waals surface area contributed by atoms with E-state index in [1.165, 1.54) is 0 Å². The zero-order chi connectivity index (χ0) is 15.1. The number of nitrogens with zero attached hydrogens (tertiary/aromatic N) is 3. The van der Waals surface area contributed by atoms with E-state index in [-0.39, 0.29) is 11.8 Å². The first-order chi connectivity index (χ1) is 10.2. The third-order valence-electron chi connectivity index (χ3n) is 3.45. The van der Waals surface area contributed by atoms with Crippen molar-refractivity contribution >= 4 is 11.7 Å². The number of piperidine rings is 1. The summed E-state index contributed by atoms with van der Waals surface area (Å²) in [5.41, 5.74) is 5.41. The largest absolute Gasteiger partial charge is 0.477 e. The SMILES string of the molecule is CCOc1cncc(N2CCCC(C(=O)NCCN)C2)n1. The number of nitrogens with one attached hydrogen (secondary N) is 1. The van der Waals surface area contributed by atoms with Crippen LogP contribution in [0, 0.1) is 5.92 Å². The van der Waals surface area contributed by atoms with Gasteiger partial charge in [0.15, 0.2) is 5.82 Å². The Morgan fingerprint density at radius 2 is 2.43 bits per heavy atom. The van der Waals surface area contributed by atoms with Gasteiger partial charge in [0.1, 0.15) is 0 Å². The molecule has 2 heterocycles. The minimum Gasteiger partial charge on any atom is -0.477 e. The fourth-order valence-corrected chi connectivity index (χ4v) is 2.45. The Morgan fingerprint density at radius 3 is 3.19 bits per heavy atom.